The fourth-order valence-corrected chi connectivity index (χ4v) is 4.71. The number of para-hydroxylation sites is 1. The zero-order valence-electron chi connectivity index (χ0n) is 13.6. The molecular weight excluding hydrogens is 448 g/mol. The van der Waals surface area contributed by atoms with Crippen molar-refractivity contribution in [3.05, 3.63) is 69.0 Å². The van der Waals surface area contributed by atoms with Gasteiger partial charge in [0, 0.05) is 15.4 Å². The van der Waals surface area contributed by atoms with Crippen molar-refractivity contribution in [2.75, 3.05) is 5.32 Å². The maximum atomic E-state index is 12.6. The number of carboxylic acids is 1. The summed E-state index contributed by atoms with van der Waals surface area (Å²) in [5.74, 6) is -1.50. The number of hydrogen-bond donors (Lipinski definition) is 2. The Labute approximate surface area is 170 Å². The zero-order valence-corrected chi connectivity index (χ0v) is 16.8. The Bertz CT molecular complexity index is 1130. The predicted molar refractivity (Wildman–Crippen MR) is 112 cm³/mol. The molecule has 27 heavy (non-hydrogen) atoms. The number of carboxylic acid groups (broad SMARTS) is 1. The fraction of sp³-hybridized carbons (Fsp3) is 0. The van der Waals surface area contributed by atoms with Crippen LogP contribution in [0, 0.1) is 0 Å². The second-order valence-electron chi connectivity index (χ2n) is 5.61. The van der Waals surface area contributed by atoms with E-state index in [2.05, 4.69) is 26.2 Å². The molecule has 0 radical (unpaired) electrons. The minimum absolute atomic E-state index is 0.0804. The summed E-state index contributed by atoms with van der Waals surface area (Å²) in [5.41, 5.74) is 2.16. The molecule has 134 valence electrons. The SMILES string of the molecule is O=C(Nc1scc(-c2ccc(Br)cc2)c1C(=O)O)c1nc2ccccc2s1. The van der Waals surface area contributed by atoms with Gasteiger partial charge in [-0.05, 0) is 29.8 Å². The molecule has 2 N–H and O–H groups in total. The summed E-state index contributed by atoms with van der Waals surface area (Å²) in [6.45, 7) is 0. The van der Waals surface area contributed by atoms with Gasteiger partial charge in [-0.3, -0.25) is 4.79 Å². The Hall–Kier alpha value is -2.55. The Morgan fingerprint density at radius 3 is 2.52 bits per heavy atom. The highest BCUT2D eigenvalue weighted by atomic mass is 79.9. The molecule has 4 aromatic rings. The third-order valence-electron chi connectivity index (χ3n) is 3.88. The van der Waals surface area contributed by atoms with Gasteiger partial charge in [0.15, 0.2) is 5.01 Å². The molecule has 2 aromatic heterocycles. The van der Waals surface area contributed by atoms with Gasteiger partial charge in [-0.25, -0.2) is 9.78 Å². The molecule has 5 nitrogen and oxygen atoms in total. The first-order valence-electron chi connectivity index (χ1n) is 7.80. The van der Waals surface area contributed by atoms with Crippen LogP contribution in [0.3, 0.4) is 0 Å². The summed E-state index contributed by atoms with van der Waals surface area (Å²) >= 11 is 5.83. The van der Waals surface area contributed by atoms with Crippen LogP contribution in [0.2, 0.25) is 0 Å². The quantitative estimate of drug-likeness (QED) is 0.408. The van der Waals surface area contributed by atoms with Crippen molar-refractivity contribution in [3.63, 3.8) is 0 Å². The minimum Gasteiger partial charge on any atom is -0.478 e. The number of thiazole rings is 1. The number of benzene rings is 2. The highest BCUT2D eigenvalue weighted by Gasteiger charge is 2.22. The topological polar surface area (TPSA) is 79.3 Å². The monoisotopic (exact) mass is 458 g/mol. The number of aromatic nitrogens is 1. The Balaban J connectivity index is 1.68. The van der Waals surface area contributed by atoms with Gasteiger partial charge >= 0.3 is 5.97 Å². The normalized spacial score (nSPS) is 10.9. The van der Waals surface area contributed by atoms with Gasteiger partial charge in [0.1, 0.15) is 10.6 Å². The van der Waals surface area contributed by atoms with Crippen LogP contribution in [0.1, 0.15) is 20.2 Å². The molecule has 0 aliphatic heterocycles. The van der Waals surface area contributed by atoms with Crippen molar-refractivity contribution in [2.45, 2.75) is 0 Å². The van der Waals surface area contributed by atoms with Gasteiger partial charge in [-0.2, -0.15) is 0 Å². The lowest BCUT2D eigenvalue weighted by molar-refractivity contribution is 0.0699. The lowest BCUT2D eigenvalue weighted by Gasteiger charge is -2.05. The van der Waals surface area contributed by atoms with Gasteiger partial charge in [0.05, 0.1) is 10.2 Å². The number of anilines is 1. The Morgan fingerprint density at radius 1 is 1.07 bits per heavy atom. The third kappa shape index (κ3) is 3.51. The molecule has 0 bridgehead atoms. The first-order valence-corrected chi connectivity index (χ1v) is 10.3. The van der Waals surface area contributed by atoms with Crippen LogP contribution in [0.25, 0.3) is 21.3 Å². The van der Waals surface area contributed by atoms with Crippen molar-refractivity contribution >= 4 is 65.7 Å². The number of carbonyl (C=O) groups excluding carboxylic acids is 1. The standard InChI is InChI=1S/C19H11BrN2O3S2/c20-11-7-5-10(6-8-11)12-9-26-17(15(12)19(24)25)22-16(23)18-21-13-3-1-2-4-14(13)27-18/h1-9H,(H,22,23)(H,24,25). The van der Waals surface area contributed by atoms with Crippen LogP contribution >= 0.6 is 38.6 Å². The second kappa shape index (κ2) is 7.22. The maximum absolute atomic E-state index is 12.6. The van der Waals surface area contributed by atoms with Crippen LogP contribution in [0.5, 0.6) is 0 Å². The lowest BCUT2D eigenvalue weighted by Crippen LogP contribution is -2.13. The molecule has 0 aliphatic rings. The van der Waals surface area contributed by atoms with Crippen molar-refractivity contribution in [1.29, 1.82) is 0 Å². The number of fused-ring (bicyclic) bond motifs is 1. The summed E-state index contributed by atoms with van der Waals surface area (Å²) < 4.78 is 1.81. The van der Waals surface area contributed by atoms with Gasteiger partial charge in [-0.1, -0.05) is 40.2 Å². The van der Waals surface area contributed by atoms with E-state index in [1.54, 1.807) is 5.38 Å². The lowest BCUT2D eigenvalue weighted by atomic mass is 10.0. The van der Waals surface area contributed by atoms with Gasteiger partial charge in [-0.15, -0.1) is 22.7 Å². The highest BCUT2D eigenvalue weighted by molar-refractivity contribution is 9.10. The highest BCUT2D eigenvalue weighted by Crippen LogP contribution is 2.36. The molecule has 0 fully saturated rings. The van der Waals surface area contributed by atoms with E-state index in [-0.39, 0.29) is 5.56 Å². The number of nitrogens with one attached hydrogen (secondary N) is 1. The van der Waals surface area contributed by atoms with Crippen LogP contribution in [-0.2, 0) is 0 Å². The van der Waals surface area contributed by atoms with E-state index >= 15 is 0 Å². The summed E-state index contributed by atoms with van der Waals surface area (Å²) in [6.07, 6.45) is 0. The number of halogens is 1. The number of amides is 1. The molecule has 0 atom stereocenters. The smallest absolute Gasteiger partial charge is 0.339 e. The molecule has 0 spiro atoms. The number of rotatable bonds is 4. The summed E-state index contributed by atoms with van der Waals surface area (Å²) in [6, 6.07) is 14.8. The number of thiophene rings is 1. The molecule has 2 heterocycles. The van der Waals surface area contributed by atoms with Gasteiger partial charge < -0.3 is 10.4 Å². The van der Waals surface area contributed by atoms with E-state index in [0.717, 1.165) is 20.3 Å². The fourth-order valence-electron chi connectivity index (χ4n) is 2.63. The summed E-state index contributed by atoms with van der Waals surface area (Å²) in [5, 5.41) is 14.7. The number of carbonyl (C=O) groups is 2. The first kappa shape index (κ1) is 17.8. The van der Waals surface area contributed by atoms with E-state index in [0.29, 0.717) is 15.6 Å². The van der Waals surface area contributed by atoms with Crippen molar-refractivity contribution in [2.24, 2.45) is 0 Å². The summed E-state index contributed by atoms with van der Waals surface area (Å²) in [4.78, 5) is 28.7. The summed E-state index contributed by atoms with van der Waals surface area (Å²) in [7, 11) is 0. The van der Waals surface area contributed by atoms with E-state index in [1.165, 1.54) is 22.7 Å². The Morgan fingerprint density at radius 2 is 1.81 bits per heavy atom. The Kier molecular flexibility index (Phi) is 4.77. The molecular formula is C19H11BrN2O3S2. The molecule has 2 aromatic carbocycles. The number of hydrogen-bond acceptors (Lipinski definition) is 5. The molecule has 0 aliphatic carbocycles. The van der Waals surface area contributed by atoms with E-state index in [9.17, 15) is 14.7 Å². The van der Waals surface area contributed by atoms with E-state index < -0.39 is 11.9 Å². The minimum atomic E-state index is -1.09. The molecule has 0 saturated carbocycles. The van der Waals surface area contributed by atoms with Crippen molar-refractivity contribution in [1.82, 2.24) is 4.98 Å². The van der Waals surface area contributed by atoms with Crippen LogP contribution in [0.4, 0.5) is 5.00 Å². The van der Waals surface area contributed by atoms with Crippen LogP contribution in [0.15, 0.2) is 58.4 Å². The number of aromatic carboxylic acids is 1. The van der Waals surface area contributed by atoms with Crippen LogP contribution in [-0.4, -0.2) is 22.0 Å². The van der Waals surface area contributed by atoms with E-state index in [4.69, 9.17) is 0 Å². The second-order valence-corrected chi connectivity index (χ2v) is 8.43. The molecule has 1 amide bonds. The maximum Gasteiger partial charge on any atom is 0.339 e. The molecule has 0 unspecified atom stereocenters. The average molecular weight is 459 g/mol. The molecule has 8 heteroatoms. The predicted octanol–water partition coefficient (Wildman–Crippen LogP) is 5.74. The average Bonchev–Trinajstić information content (AvgIpc) is 3.26. The molecule has 0 saturated heterocycles. The van der Waals surface area contributed by atoms with Gasteiger partial charge in [0.25, 0.3) is 5.91 Å². The molecule has 4 rings (SSSR count). The third-order valence-corrected chi connectivity index (χ3v) is 6.33. The largest absolute Gasteiger partial charge is 0.478 e. The number of nitrogens with zero attached hydrogens (tertiary/aromatic N) is 1. The van der Waals surface area contributed by atoms with Crippen molar-refractivity contribution < 1.29 is 14.7 Å². The zero-order chi connectivity index (χ0) is 19.0. The first-order chi connectivity index (χ1) is 13.0. The van der Waals surface area contributed by atoms with E-state index in [1.807, 2.05) is 48.5 Å². The van der Waals surface area contributed by atoms with Gasteiger partial charge in [0.2, 0.25) is 0 Å². The van der Waals surface area contributed by atoms with Crippen LogP contribution < -0.4 is 5.32 Å². The van der Waals surface area contributed by atoms with Crippen molar-refractivity contribution in [3.8, 4) is 11.1 Å².